The molecular formula is C25H25FN4O5. The van der Waals surface area contributed by atoms with E-state index >= 15 is 4.39 Å². The summed E-state index contributed by atoms with van der Waals surface area (Å²) in [4.78, 5) is 62.7. The number of piperidine rings is 1. The van der Waals surface area contributed by atoms with Crippen LogP contribution in [0.2, 0.25) is 0 Å². The maximum atomic E-state index is 15.1. The van der Waals surface area contributed by atoms with Crippen LogP contribution in [0.25, 0.3) is 0 Å². The number of benzene rings is 2. The Balaban J connectivity index is 1.59. The number of rotatable bonds is 8. The lowest BCUT2D eigenvalue weighted by Gasteiger charge is -2.27. The Morgan fingerprint density at radius 2 is 1.80 bits per heavy atom. The molecule has 2 heterocycles. The van der Waals surface area contributed by atoms with Crippen LogP contribution in [0.15, 0.2) is 42.5 Å². The summed E-state index contributed by atoms with van der Waals surface area (Å²) in [5, 5.41) is 7.87. The molecule has 0 bridgehead atoms. The minimum atomic E-state index is -1.14. The van der Waals surface area contributed by atoms with Crippen molar-refractivity contribution in [2.24, 2.45) is 0 Å². The Bertz CT molecular complexity index is 1200. The van der Waals surface area contributed by atoms with Crippen molar-refractivity contribution in [1.82, 2.24) is 15.5 Å². The summed E-state index contributed by atoms with van der Waals surface area (Å²) in [5.74, 6) is -3.70. The van der Waals surface area contributed by atoms with E-state index < -0.39 is 41.5 Å². The molecule has 0 saturated carbocycles. The van der Waals surface area contributed by atoms with E-state index in [-0.39, 0.29) is 42.0 Å². The van der Waals surface area contributed by atoms with Gasteiger partial charge in [0.1, 0.15) is 11.9 Å². The summed E-state index contributed by atoms with van der Waals surface area (Å²) in [7, 11) is 0. The molecule has 5 amide bonds. The molecule has 182 valence electrons. The topological polar surface area (TPSA) is 125 Å². The molecule has 2 aliphatic heterocycles. The van der Waals surface area contributed by atoms with Crippen molar-refractivity contribution in [3.8, 4) is 0 Å². The number of nitrogens with zero attached hydrogens (tertiary/aromatic N) is 1. The molecule has 2 unspecified atom stereocenters. The first kappa shape index (κ1) is 24.1. The van der Waals surface area contributed by atoms with Gasteiger partial charge >= 0.3 is 0 Å². The summed E-state index contributed by atoms with van der Waals surface area (Å²) in [5.41, 5.74) is 0.720. The molecule has 3 N–H and O–H groups in total. The number of imide groups is 2. The third kappa shape index (κ3) is 5.06. The predicted molar refractivity (Wildman–Crippen MR) is 124 cm³/mol. The molecule has 35 heavy (non-hydrogen) atoms. The molecule has 1 saturated heterocycles. The van der Waals surface area contributed by atoms with E-state index in [0.717, 1.165) is 16.5 Å². The van der Waals surface area contributed by atoms with Crippen molar-refractivity contribution in [3.05, 3.63) is 65.0 Å². The number of amides is 5. The monoisotopic (exact) mass is 480 g/mol. The molecule has 0 aliphatic carbocycles. The number of carbonyl (C=O) groups excluding carboxylic acids is 5. The third-order valence-electron chi connectivity index (χ3n) is 6.02. The third-order valence-corrected chi connectivity index (χ3v) is 6.02. The van der Waals surface area contributed by atoms with Gasteiger partial charge in [0.25, 0.3) is 11.8 Å². The van der Waals surface area contributed by atoms with Crippen molar-refractivity contribution in [2.75, 3.05) is 11.9 Å². The van der Waals surface area contributed by atoms with Gasteiger partial charge in [-0.15, -0.1) is 0 Å². The first-order valence-electron chi connectivity index (χ1n) is 11.4. The van der Waals surface area contributed by atoms with Crippen molar-refractivity contribution >= 4 is 35.2 Å². The van der Waals surface area contributed by atoms with E-state index in [1.807, 2.05) is 30.3 Å². The molecule has 0 radical (unpaired) electrons. The number of carbonyl (C=O) groups is 5. The van der Waals surface area contributed by atoms with E-state index in [1.165, 1.54) is 6.07 Å². The highest BCUT2D eigenvalue weighted by Crippen LogP contribution is 2.31. The van der Waals surface area contributed by atoms with E-state index in [4.69, 9.17) is 0 Å². The number of hydrogen-bond donors (Lipinski definition) is 3. The molecule has 0 aromatic heterocycles. The number of halogens is 1. The molecular weight excluding hydrogens is 455 g/mol. The zero-order valence-electron chi connectivity index (χ0n) is 19.1. The number of nitrogens with one attached hydrogen (secondary N) is 3. The molecule has 2 aromatic rings. The van der Waals surface area contributed by atoms with E-state index in [0.29, 0.717) is 13.0 Å². The van der Waals surface area contributed by atoms with Gasteiger partial charge in [-0.1, -0.05) is 30.3 Å². The molecule has 4 rings (SSSR count). The molecule has 2 aliphatic rings. The Kier molecular flexibility index (Phi) is 6.90. The molecule has 9 nitrogen and oxygen atoms in total. The Hall–Kier alpha value is -4.08. The van der Waals surface area contributed by atoms with E-state index in [2.05, 4.69) is 16.0 Å². The summed E-state index contributed by atoms with van der Waals surface area (Å²) in [6.07, 6.45) is 0.486. The molecule has 2 atom stereocenters. The lowest BCUT2D eigenvalue weighted by molar-refractivity contribution is -0.136. The first-order valence-corrected chi connectivity index (χ1v) is 11.4. The standard InChI is InChI=1S/C25H25FN4O5/c1-2-27-22(32)11-15(10-14-6-4-3-5-7-14)28-19-13-17-16(12-18(19)26)24(34)30(25(17)35)20-8-9-21(31)29-23(20)33/h3-7,12-13,15,20,28H,2,8-11H2,1H3,(H,27,32)(H,29,31,33). The van der Waals surface area contributed by atoms with Crippen molar-refractivity contribution in [2.45, 2.75) is 44.7 Å². The fourth-order valence-corrected chi connectivity index (χ4v) is 4.39. The lowest BCUT2D eigenvalue weighted by atomic mass is 10.0. The molecule has 2 aromatic carbocycles. The molecule has 10 heteroatoms. The summed E-state index contributed by atoms with van der Waals surface area (Å²) in [6.45, 7) is 2.26. The van der Waals surface area contributed by atoms with Crippen LogP contribution >= 0.6 is 0 Å². The van der Waals surface area contributed by atoms with E-state index in [9.17, 15) is 24.0 Å². The van der Waals surface area contributed by atoms with Crippen molar-refractivity contribution in [1.29, 1.82) is 0 Å². The zero-order valence-corrected chi connectivity index (χ0v) is 19.1. The van der Waals surface area contributed by atoms with Crippen molar-refractivity contribution in [3.63, 3.8) is 0 Å². The van der Waals surface area contributed by atoms with Crippen LogP contribution in [0, 0.1) is 5.82 Å². The fourth-order valence-electron chi connectivity index (χ4n) is 4.39. The Morgan fingerprint density at radius 1 is 1.11 bits per heavy atom. The van der Waals surface area contributed by atoms with Crippen LogP contribution in [0.3, 0.4) is 0 Å². The van der Waals surface area contributed by atoms with Crippen LogP contribution in [0.4, 0.5) is 10.1 Å². The lowest BCUT2D eigenvalue weighted by Crippen LogP contribution is -2.54. The Morgan fingerprint density at radius 3 is 2.46 bits per heavy atom. The van der Waals surface area contributed by atoms with Gasteiger partial charge in [0, 0.05) is 25.4 Å². The second kappa shape index (κ2) is 10.0. The SMILES string of the molecule is CCNC(=O)CC(Cc1ccccc1)Nc1cc2c(cc1F)C(=O)N(C1CCC(=O)NC1=O)C2=O. The van der Waals surface area contributed by atoms with Gasteiger partial charge in [-0.3, -0.25) is 34.2 Å². The van der Waals surface area contributed by atoms with Crippen LogP contribution < -0.4 is 16.0 Å². The average Bonchev–Trinajstić information content (AvgIpc) is 3.04. The fraction of sp³-hybridized carbons (Fsp3) is 0.320. The molecule has 1 fully saturated rings. The zero-order chi connectivity index (χ0) is 25.1. The van der Waals surface area contributed by atoms with Gasteiger partial charge in [-0.2, -0.15) is 0 Å². The van der Waals surface area contributed by atoms with Crippen LogP contribution in [0.1, 0.15) is 52.5 Å². The minimum Gasteiger partial charge on any atom is -0.379 e. The summed E-state index contributed by atoms with van der Waals surface area (Å²) >= 11 is 0. The maximum absolute atomic E-state index is 15.1. The minimum absolute atomic E-state index is 0.00797. The number of anilines is 1. The highest BCUT2D eigenvalue weighted by atomic mass is 19.1. The maximum Gasteiger partial charge on any atom is 0.262 e. The van der Waals surface area contributed by atoms with Gasteiger partial charge in [0.15, 0.2) is 0 Å². The Labute approximate surface area is 201 Å². The van der Waals surface area contributed by atoms with Crippen LogP contribution in [-0.2, 0) is 20.8 Å². The van der Waals surface area contributed by atoms with Gasteiger partial charge in [0.05, 0.1) is 16.8 Å². The smallest absolute Gasteiger partial charge is 0.262 e. The van der Waals surface area contributed by atoms with E-state index in [1.54, 1.807) is 6.92 Å². The second-order valence-corrected chi connectivity index (χ2v) is 8.51. The summed E-state index contributed by atoms with van der Waals surface area (Å²) in [6, 6.07) is 9.97. The van der Waals surface area contributed by atoms with Crippen LogP contribution in [-0.4, -0.2) is 53.1 Å². The molecule has 0 spiro atoms. The van der Waals surface area contributed by atoms with Gasteiger partial charge in [-0.05, 0) is 37.5 Å². The highest BCUT2D eigenvalue weighted by Gasteiger charge is 2.45. The van der Waals surface area contributed by atoms with Gasteiger partial charge in [0.2, 0.25) is 17.7 Å². The predicted octanol–water partition coefficient (Wildman–Crippen LogP) is 1.78. The van der Waals surface area contributed by atoms with Crippen molar-refractivity contribution < 1.29 is 28.4 Å². The largest absolute Gasteiger partial charge is 0.379 e. The first-order chi connectivity index (χ1) is 16.8. The number of fused-ring (bicyclic) bond motifs is 1. The highest BCUT2D eigenvalue weighted by molar-refractivity contribution is 6.23. The van der Waals surface area contributed by atoms with Gasteiger partial charge < -0.3 is 10.6 Å². The average molecular weight is 480 g/mol. The second-order valence-electron chi connectivity index (χ2n) is 8.51. The van der Waals surface area contributed by atoms with Crippen LogP contribution in [0.5, 0.6) is 0 Å². The summed E-state index contributed by atoms with van der Waals surface area (Å²) < 4.78 is 15.1. The normalized spacial score (nSPS) is 18.2. The quantitative estimate of drug-likeness (QED) is 0.495. The van der Waals surface area contributed by atoms with Gasteiger partial charge in [-0.25, -0.2) is 4.39 Å². The number of hydrogen-bond acceptors (Lipinski definition) is 6.